The van der Waals surface area contributed by atoms with Gasteiger partial charge in [-0.3, -0.25) is 4.79 Å². The molecule has 0 aliphatic carbocycles. The van der Waals surface area contributed by atoms with Crippen LogP contribution in [-0.2, 0) is 9.59 Å². The van der Waals surface area contributed by atoms with Crippen LogP contribution in [0.4, 0.5) is 4.79 Å². The lowest BCUT2D eigenvalue weighted by Crippen LogP contribution is -2.46. The van der Waals surface area contributed by atoms with Crippen LogP contribution in [0, 0.1) is 0 Å². The average Bonchev–Trinajstić information content (AvgIpc) is 2.27. The van der Waals surface area contributed by atoms with Crippen LogP contribution in [-0.4, -0.2) is 52.7 Å². The molecule has 7 nitrogen and oxygen atoms in total. The predicted molar refractivity (Wildman–Crippen MR) is 64.4 cm³/mol. The first kappa shape index (κ1) is 16.2. The summed E-state index contributed by atoms with van der Waals surface area (Å²) in [6.07, 6.45) is 0.989. The summed E-state index contributed by atoms with van der Waals surface area (Å²) in [6.45, 7) is 2.44. The molecule has 0 radical (unpaired) electrons. The topological polar surface area (TPSA) is 107 Å². The molecule has 0 unspecified atom stereocenters. The Hall–Kier alpha value is -1.79. The van der Waals surface area contributed by atoms with Gasteiger partial charge in [0, 0.05) is 20.0 Å². The molecular weight excluding hydrogens is 240 g/mol. The zero-order valence-corrected chi connectivity index (χ0v) is 10.7. The fourth-order valence-electron chi connectivity index (χ4n) is 1.41. The first-order valence-corrected chi connectivity index (χ1v) is 5.84. The van der Waals surface area contributed by atoms with E-state index in [1.54, 1.807) is 7.05 Å². The van der Waals surface area contributed by atoms with Crippen molar-refractivity contribution in [2.45, 2.75) is 38.6 Å². The van der Waals surface area contributed by atoms with Crippen LogP contribution in [0.3, 0.4) is 0 Å². The van der Waals surface area contributed by atoms with Gasteiger partial charge in [0.1, 0.15) is 6.04 Å². The highest BCUT2D eigenvalue weighted by atomic mass is 16.4. The molecule has 0 bridgehead atoms. The number of aliphatic carboxylic acids is 2. The third-order valence-corrected chi connectivity index (χ3v) is 2.38. The molecule has 0 saturated carbocycles. The number of rotatable bonds is 8. The Morgan fingerprint density at radius 3 is 2.33 bits per heavy atom. The third-order valence-electron chi connectivity index (χ3n) is 2.38. The van der Waals surface area contributed by atoms with Gasteiger partial charge in [0.05, 0.1) is 0 Å². The van der Waals surface area contributed by atoms with E-state index in [0.717, 1.165) is 6.42 Å². The second-order valence-electron chi connectivity index (χ2n) is 4.05. The van der Waals surface area contributed by atoms with Gasteiger partial charge in [0.15, 0.2) is 0 Å². The number of carboxylic acid groups (broad SMARTS) is 2. The van der Waals surface area contributed by atoms with Crippen LogP contribution < -0.4 is 5.32 Å². The molecule has 2 amide bonds. The fourth-order valence-corrected chi connectivity index (χ4v) is 1.41. The third kappa shape index (κ3) is 6.72. The minimum Gasteiger partial charge on any atom is -0.481 e. The number of carboxylic acids is 2. The van der Waals surface area contributed by atoms with E-state index in [1.165, 1.54) is 4.90 Å². The number of nitrogens with zero attached hydrogens (tertiary/aromatic N) is 1. The van der Waals surface area contributed by atoms with Gasteiger partial charge in [-0.2, -0.15) is 0 Å². The number of amides is 2. The van der Waals surface area contributed by atoms with Gasteiger partial charge >= 0.3 is 18.0 Å². The molecule has 1 atom stereocenters. The van der Waals surface area contributed by atoms with Crippen LogP contribution in [0.1, 0.15) is 32.6 Å². The maximum absolute atomic E-state index is 11.6. The Labute approximate surface area is 106 Å². The summed E-state index contributed by atoms with van der Waals surface area (Å²) in [4.78, 5) is 34.2. The van der Waals surface area contributed by atoms with Crippen molar-refractivity contribution in [1.82, 2.24) is 10.2 Å². The molecule has 0 aliphatic rings. The van der Waals surface area contributed by atoms with Crippen LogP contribution in [0.5, 0.6) is 0 Å². The number of carbonyl (C=O) groups is 3. The normalized spacial score (nSPS) is 11.7. The lowest BCUT2D eigenvalue weighted by molar-refractivity contribution is -0.140. The Kier molecular flexibility index (Phi) is 7.50. The molecule has 0 aromatic carbocycles. The molecule has 104 valence electrons. The van der Waals surface area contributed by atoms with Gasteiger partial charge in [-0.15, -0.1) is 0 Å². The van der Waals surface area contributed by atoms with Gasteiger partial charge < -0.3 is 20.4 Å². The summed E-state index contributed by atoms with van der Waals surface area (Å²) >= 11 is 0. The Bertz CT molecular complexity index is 306. The van der Waals surface area contributed by atoms with Crippen LogP contribution in [0.15, 0.2) is 0 Å². The van der Waals surface area contributed by atoms with Crippen molar-refractivity contribution in [2.75, 3.05) is 13.6 Å². The molecule has 0 saturated heterocycles. The maximum Gasteiger partial charge on any atom is 0.326 e. The highest BCUT2D eigenvalue weighted by Gasteiger charge is 2.21. The standard InChI is InChI=1S/C11H20N2O5/c1-3-7-13(2)11(18)12-8(10(16)17)5-4-6-9(14)15/h8H,3-7H2,1-2H3,(H,12,18)(H,14,15)(H,16,17)/t8-/m1/s1. The maximum atomic E-state index is 11.6. The van der Waals surface area contributed by atoms with Gasteiger partial charge in [-0.25, -0.2) is 9.59 Å². The van der Waals surface area contributed by atoms with Crippen LogP contribution in [0.25, 0.3) is 0 Å². The summed E-state index contributed by atoms with van der Waals surface area (Å²) < 4.78 is 0. The fraction of sp³-hybridized carbons (Fsp3) is 0.727. The average molecular weight is 260 g/mol. The SMILES string of the molecule is CCCN(C)C(=O)N[C@H](CCCC(=O)O)C(=O)O. The summed E-state index contributed by atoms with van der Waals surface area (Å²) in [6, 6.07) is -1.50. The van der Waals surface area contributed by atoms with Crippen molar-refractivity contribution < 1.29 is 24.6 Å². The molecule has 0 aromatic rings. The smallest absolute Gasteiger partial charge is 0.326 e. The van der Waals surface area contributed by atoms with E-state index < -0.39 is 24.0 Å². The first-order chi connectivity index (χ1) is 8.38. The highest BCUT2D eigenvalue weighted by molar-refractivity contribution is 5.82. The van der Waals surface area contributed by atoms with E-state index in [-0.39, 0.29) is 19.3 Å². The first-order valence-electron chi connectivity index (χ1n) is 5.84. The van der Waals surface area contributed by atoms with Gasteiger partial charge in [-0.05, 0) is 19.3 Å². The quantitative estimate of drug-likeness (QED) is 0.597. The molecule has 0 fully saturated rings. The van der Waals surface area contributed by atoms with E-state index in [1.807, 2.05) is 6.92 Å². The lowest BCUT2D eigenvalue weighted by Gasteiger charge is -2.20. The van der Waals surface area contributed by atoms with E-state index in [4.69, 9.17) is 10.2 Å². The van der Waals surface area contributed by atoms with Crippen LogP contribution in [0.2, 0.25) is 0 Å². The monoisotopic (exact) mass is 260 g/mol. The molecule has 0 aliphatic heterocycles. The molecule has 0 heterocycles. The second kappa shape index (κ2) is 8.32. The van der Waals surface area contributed by atoms with Gasteiger partial charge in [0.2, 0.25) is 0 Å². The van der Waals surface area contributed by atoms with E-state index in [0.29, 0.717) is 6.54 Å². The zero-order chi connectivity index (χ0) is 14.1. The van der Waals surface area contributed by atoms with Crippen molar-refractivity contribution in [3.05, 3.63) is 0 Å². The summed E-state index contributed by atoms with van der Waals surface area (Å²) in [5, 5.41) is 19.7. The number of urea groups is 1. The predicted octanol–water partition coefficient (Wildman–Crippen LogP) is 0.746. The van der Waals surface area contributed by atoms with Crippen molar-refractivity contribution in [3.63, 3.8) is 0 Å². The molecule has 0 spiro atoms. The minimum atomic E-state index is -1.15. The minimum absolute atomic E-state index is 0.105. The number of hydrogen-bond donors (Lipinski definition) is 3. The Balaban J connectivity index is 4.22. The summed E-state index contributed by atoms with van der Waals surface area (Å²) in [5.41, 5.74) is 0. The van der Waals surface area contributed by atoms with E-state index in [2.05, 4.69) is 5.32 Å². The van der Waals surface area contributed by atoms with Crippen LogP contribution >= 0.6 is 0 Å². The number of hydrogen-bond acceptors (Lipinski definition) is 3. The highest BCUT2D eigenvalue weighted by Crippen LogP contribution is 2.02. The molecule has 0 aromatic heterocycles. The van der Waals surface area contributed by atoms with Crippen molar-refractivity contribution in [2.24, 2.45) is 0 Å². The van der Waals surface area contributed by atoms with E-state index >= 15 is 0 Å². The number of nitrogens with one attached hydrogen (secondary N) is 1. The van der Waals surface area contributed by atoms with Gasteiger partial charge in [-0.1, -0.05) is 6.92 Å². The Morgan fingerprint density at radius 2 is 1.89 bits per heavy atom. The molecular formula is C11H20N2O5. The molecule has 18 heavy (non-hydrogen) atoms. The second-order valence-corrected chi connectivity index (χ2v) is 4.05. The molecule has 3 N–H and O–H groups in total. The zero-order valence-electron chi connectivity index (χ0n) is 10.7. The Morgan fingerprint density at radius 1 is 1.28 bits per heavy atom. The van der Waals surface area contributed by atoms with Crippen molar-refractivity contribution >= 4 is 18.0 Å². The lowest BCUT2D eigenvalue weighted by atomic mass is 10.1. The van der Waals surface area contributed by atoms with Gasteiger partial charge in [0.25, 0.3) is 0 Å². The molecule has 7 heteroatoms. The summed E-state index contributed by atoms with van der Waals surface area (Å²) in [7, 11) is 1.58. The largest absolute Gasteiger partial charge is 0.481 e. The number of carbonyl (C=O) groups excluding carboxylic acids is 1. The van der Waals surface area contributed by atoms with E-state index in [9.17, 15) is 14.4 Å². The van der Waals surface area contributed by atoms with Crippen molar-refractivity contribution in [1.29, 1.82) is 0 Å². The van der Waals surface area contributed by atoms with Crippen molar-refractivity contribution in [3.8, 4) is 0 Å². The molecule has 0 rings (SSSR count). The summed E-state index contributed by atoms with van der Waals surface area (Å²) in [5.74, 6) is -2.13.